The summed E-state index contributed by atoms with van der Waals surface area (Å²) in [4.78, 5) is 16.1. The van der Waals surface area contributed by atoms with E-state index >= 15 is 0 Å². The van der Waals surface area contributed by atoms with Crippen LogP contribution in [0.4, 0.5) is 5.69 Å². The van der Waals surface area contributed by atoms with Crippen LogP contribution in [0.2, 0.25) is 0 Å². The number of carbonyl (C=O) groups excluding carboxylic acids is 1. The quantitative estimate of drug-likeness (QED) is 0.789. The first-order valence-electron chi connectivity index (χ1n) is 8.23. The van der Waals surface area contributed by atoms with Gasteiger partial charge in [0.1, 0.15) is 0 Å². The molecule has 1 aromatic heterocycles. The van der Waals surface area contributed by atoms with Gasteiger partial charge in [-0.2, -0.15) is 0 Å². The van der Waals surface area contributed by atoms with Gasteiger partial charge in [-0.05, 0) is 54.7 Å². The molecule has 0 bridgehead atoms. The zero-order valence-corrected chi connectivity index (χ0v) is 14.0. The van der Waals surface area contributed by atoms with Crippen molar-refractivity contribution in [3.8, 4) is 0 Å². The van der Waals surface area contributed by atoms with E-state index in [1.165, 1.54) is 21.7 Å². The number of amides is 1. The molecule has 0 aliphatic carbocycles. The summed E-state index contributed by atoms with van der Waals surface area (Å²) in [5, 5.41) is 2.10. The summed E-state index contributed by atoms with van der Waals surface area (Å²) >= 11 is 1.78. The minimum absolute atomic E-state index is 0.290. The van der Waals surface area contributed by atoms with Crippen LogP contribution in [0.25, 0.3) is 0 Å². The van der Waals surface area contributed by atoms with E-state index < -0.39 is 0 Å². The molecule has 1 amide bonds. The Kier molecular flexibility index (Phi) is 4.94. The van der Waals surface area contributed by atoms with Gasteiger partial charge in [0.2, 0.25) is 5.91 Å². The molecule has 0 atom stereocenters. The highest BCUT2D eigenvalue weighted by Crippen LogP contribution is 2.32. The van der Waals surface area contributed by atoms with Crippen molar-refractivity contribution in [2.24, 2.45) is 0 Å². The van der Waals surface area contributed by atoms with E-state index in [0.29, 0.717) is 12.3 Å². The average Bonchev–Trinajstić information content (AvgIpc) is 3.07. The maximum atomic E-state index is 12.7. The largest absolute Gasteiger partial charge is 0.312 e. The van der Waals surface area contributed by atoms with Crippen LogP contribution < -0.4 is 4.90 Å². The molecule has 0 fully saturated rings. The number of hydrogen-bond acceptors (Lipinski definition) is 2. The number of hydrogen-bond donors (Lipinski definition) is 0. The van der Waals surface area contributed by atoms with Gasteiger partial charge in [0.25, 0.3) is 0 Å². The third-order valence-electron chi connectivity index (χ3n) is 4.38. The van der Waals surface area contributed by atoms with Gasteiger partial charge in [-0.25, -0.2) is 0 Å². The van der Waals surface area contributed by atoms with Gasteiger partial charge >= 0.3 is 0 Å². The minimum atomic E-state index is 0.290. The Labute approximate surface area is 136 Å². The number of anilines is 1. The molecule has 3 heteroatoms. The van der Waals surface area contributed by atoms with Gasteiger partial charge in [-0.15, -0.1) is 11.3 Å². The Morgan fingerprint density at radius 2 is 2.18 bits per heavy atom. The Bertz CT molecular complexity index is 619. The second kappa shape index (κ2) is 7.10. The molecule has 0 saturated heterocycles. The lowest BCUT2D eigenvalue weighted by atomic mass is 9.96. The van der Waals surface area contributed by atoms with Crippen LogP contribution in [0.15, 0.2) is 35.7 Å². The lowest BCUT2D eigenvalue weighted by Gasteiger charge is -2.31. The highest BCUT2D eigenvalue weighted by atomic mass is 32.1. The fourth-order valence-corrected chi connectivity index (χ4v) is 4.02. The van der Waals surface area contributed by atoms with Gasteiger partial charge in [0, 0.05) is 23.5 Å². The SMILES string of the molecule is CCc1cccc2c1N(C(=O)CCCc1cccs1)CCC2. The highest BCUT2D eigenvalue weighted by Gasteiger charge is 2.24. The Hall–Kier alpha value is -1.61. The van der Waals surface area contributed by atoms with E-state index in [-0.39, 0.29) is 0 Å². The summed E-state index contributed by atoms with van der Waals surface area (Å²) < 4.78 is 0. The first-order chi connectivity index (χ1) is 10.8. The summed E-state index contributed by atoms with van der Waals surface area (Å²) in [5.41, 5.74) is 3.86. The molecule has 3 rings (SSSR count). The van der Waals surface area contributed by atoms with Gasteiger partial charge in [-0.3, -0.25) is 4.79 Å². The number of carbonyl (C=O) groups is 1. The van der Waals surface area contributed by atoms with E-state index in [1.807, 2.05) is 4.90 Å². The molecule has 1 aromatic carbocycles. The topological polar surface area (TPSA) is 20.3 Å². The van der Waals surface area contributed by atoms with E-state index in [0.717, 1.165) is 38.6 Å². The summed E-state index contributed by atoms with van der Waals surface area (Å²) in [6, 6.07) is 10.7. The standard InChI is InChI=1S/C19H23NOS/c1-2-15-7-3-8-16-9-5-13-20(19(15)16)18(21)12-4-10-17-11-6-14-22-17/h3,6-8,11,14H,2,4-5,9-10,12-13H2,1H3. The summed E-state index contributed by atoms with van der Waals surface area (Å²) in [6.45, 7) is 3.05. The van der Waals surface area contributed by atoms with Crippen molar-refractivity contribution < 1.29 is 4.79 Å². The summed E-state index contributed by atoms with van der Waals surface area (Å²) in [6.07, 6.45) is 5.77. The predicted molar refractivity (Wildman–Crippen MR) is 93.8 cm³/mol. The predicted octanol–water partition coefficient (Wildman–Crippen LogP) is 4.61. The van der Waals surface area contributed by atoms with Crippen LogP contribution in [0.3, 0.4) is 0 Å². The maximum Gasteiger partial charge on any atom is 0.227 e. The zero-order valence-electron chi connectivity index (χ0n) is 13.2. The number of nitrogens with zero attached hydrogens (tertiary/aromatic N) is 1. The van der Waals surface area contributed by atoms with Gasteiger partial charge in [0.15, 0.2) is 0 Å². The number of thiophene rings is 1. The molecule has 116 valence electrons. The average molecular weight is 313 g/mol. The van der Waals surface area contributed by atoms with E-state index in [4.69, 9.17) is 0 Å². The fourth-order valence-electron chi connectivity index (χ4n) is 3.27. The van der Waals surface area contributed by atoms with Crippen LogP contribution in [0.1, 0.15) is 42.2 Å². The molecule has 22 heavy (non-hydrogen) atoms. The second-order valence-electron chi connectivity index (χ2n) is 5.86. The first kappa shape index (κ1) is 15.3. The highest BCUT2D eigenvalue weighted by molar-refractivity contribution is 7.09. The van der Waals surface area contributed by atoms with Crippen LogP contribution in [0, 0.1) is 0 Å². The lowest BCUT2D eigenvalue weighted by molar-refractivity contribution is -0.118. The van der Waals surface area contributed by atoms with Crippen LogP contribution >= 0.6 is 11.3 Å². The summed E-state index contributed by atoms with van der Waals surface area (Å²) in [5.74, 6) is 0.290. The van der Waals surface area contributed by atoms with E-state index in [9.17, 15) is 4.79 Å². The van der Waals surface area contributed by atoms with Crippen molar-refractivity contribution >= 4 is 22.9 Å². The van der Waals surface area contributed by atoms with Crippen LogP contribution in [0.5, 0.6) is 0 Å². The van der Waals surface area contributed by atoms with Gasteiger partial charge < -0.3 is 4.90 Å². The van der Waals surface area contributed by atoms with Crippen molar-refractivity contribution in [2.45, 2.75) is 45.4 Å². The molecule has 0 unspecified atom stereocenters. The van der Waals surface area contributed by atoms with Crippen molar-refractivity contribution in [2.75, 3.05) is 11.4 Å². The molecule has 1 aliphatic rings. The molecule has 1 aliphatic heterocycles. The third kappa shape index (κ3) is 3.25. The number of rotatable bonds is 5. The normalized spacial score (nSPS) is 14.0. The van der Waals surface area contributed by atoms with E-state index in [1.54, 1.807) is 11.3 Å². The smallest absolute Gasteiger partial charge is 0.227 e. The van der Waals surface area contributed by atoms with Crippen LogP contribution in [-0.2, 0) is 24.1 Å². The molecular formula is C19H23NOS. The summed E-state index contributed by atoms with van der Waals surface area (Å²) in [7, 11) is 0. The molecule has 0 N–H and O–H groups in total. The van der Waals surface area contributed by atoms with Gasteiger partial charge in [-0.1, -0.05) is 31.2 Å². The molecule has 2 nitrogen and oxygen atoms in total. The first-order valence-corrected chi connectivity index (χ1v) is 9.11. The molecular weight excluding hydrogens is 290 g/mol. The zero-order chi connectivity index (χ0) is 15.4. The van der Waals surface area contributed by atoms with Gasteiger partial charge in [0.05, 0.1) is 0 Å². The second-order valence-corrected chi connectivity index (χ2v) is 6.89. The molecule has 2 aromatic rings. The van der Waals surface area contributed by atoms with Crippen molar-refractivity contribution in [1.29, 1.82) is 0 Å². The van der Waals surface area contributed by atoms with Crippen molar-refractivity contribution in [3.05, 3.63) is 51.7 Å². The van der Waals surface area contributed by atoms with Crippen molar-refractivity contribution in [1.82, 2.24) is 0 Å². The number of para-hydroxylation sites is 1. The Morgan fingerprint density at radius 3 is 2.95 bits per heavy atom. The van der Waals surface area contributed by atoms with Crippen LogP contribution in [-0.4, -0.2) is 12.5 Å². The minimum Gasteiger partial charge on any atom is -0.312 e. The maximum absolute atomic E-state index is 12.7. The number of aryl methyl sites for hydroxylation is 3. The van der Waals surface area contributed by atoms with E-state index in [2.05, 4.69) is 42.6 Å². The third-order valence-corrected chi connectivity index (χ3v) is 5.31. The Morgan fingerprint density at radius 1 is 1.27 bits per heavy atom. The lowest BCUT2D eigenvalue weighted by Crippen LogP contribution is -2.36. The molecule has 2 heterocycles. The fraction of sp³-hybridized carbons (Fsp3) is 0.421. The molecule has 0 radical (unpaired) electrons. The number of benzene rings is 1. The molecule has 0 spiro atoms. The molecule has 0 saturated carbocycles. The van der Waals surface area contributed by atoms with Crippen molar-refractivity contribution in [3.63, 3.8) is 0 Å². The monoisotopic (exact) mass is 313 g/mol. The Balaban J connectivity index is 1.69. The number of fused-ring (bicyclic) bond motifs is 1.